The number of ether oxygens (including phenoxy) is 1. The zero-order valence-electron chi connectivity index (χ0n) is 23.0. The maximum Gasteiger partial charge on any atom is 0.336 e. The van der Waals surface area contributed by atoms with Crippen molar-refractivity contribution in [2.24, 2.45) is 11.8 Å². The zero-order chi connectivity index (χ0) is 26.2. The quantitative estimate of drug-likeness (QED) is 0.167. The van der Waals surface area contributed by atoms with Crippen LogP contribution in [0.4, 0.5) is 0 Å². The first kappa shape index (κ1) is 28.6. The molecule has 2 rings (SSSR count). The molecule has 0 aliphatic heterocycles. The third kappa shape index (κ3) is 9.52. The van der Waals surface area contributed by atoms with Crippen molar-refractivity contribution in [2.45, 2.75) is 54.4 Å². The van der Waals surface area contributed by atoms with Gasteiger partial charge in [0, 0.05) is 36.5 Å². The average Bonchev–Trinajstić information content (AvgIpc) is 2.74. The summed E-state index contributed by atoms with van der Waals surface area (Å²) < 4.78 is 12.3. The molecule has 0 N–H and O–H groups in total. The summed E-state index contributed by atoms with van der Waals surface area (Å²) in [6.45, 7) is 16.1. The van der Waals surface area contributed by atoms with Crippen LogP contribution in [-0.2, 0) is 11.2 Å². The average molecular weight is 486 g/mol. The number of likely N-dealkylation sites (N-methyl/N-ethyl adjacent to an activating group) is 1. The molecule has 1 amide bonds. The van der Waals surface area contributed by atoms with Gasteiger partial charge in [0.2, 0.25) is 0 Å². The summed E-state index contributed by atoms with van der Waals surface area (Å²) in [5, 5.41) is 0.887. The lowest BCUT2D eigenvalue weighted by Gasteiger charge is -2.33. The highest BCUT2D eigenvalue weighted by atomic mass is 16.5. The van der Waals surface area contributed by atoms with Gasteiger partial charge in [0.05, 0.1) is 27.2 Å². The van der Waals surface area contributed by atoms with E-state index in [9.17, 15) is 9.59 Å². The van der Waals surface area contributed by atoms with Crippen molar-refractivity contribution in [3.63, 3.8) is 0 Å². The van der Waals surface area contributed by atoms with Gasteiger partial charge in [-0.1, -0.05) is 39.3 Å². The molecule has 0 bridgehead atoms. The van der Waals surface area contributed by atoms with E-state index in [1.807, 2.05) is 30.9 Å². The first-order chi connectivity index (χ1) is 16.4. The highest BCUT2D eigenvalue weighted by molar-refractivity contribution is 5.82. The maximum atomic E-state index is 13.0. The topological polar surface area (TPSA) is 59.8 Å². The minimum atomic E-state index is -0.360. The molecule has 0 unspecified atom stereocenters. The highest BCUT2D eigenvalue weighted by Gasteiger charge is 2.25. The number of fused-ring (bicyclic) bond motifs is 1. The second-order valence-electron chi connectivity index (χ2n) is 11.3. The van der Waals surface area contributed by atoms with Crippen molar-refractivity contribution >= 4 is 16.9 Å². The highest BCUT2D eigenvalue weighted by Crippen LogP contribution is 2.28. The molecule has 1 aromatic heterocycles. The first-order valence-electron chi connectivity index (χ1n) is 12.8. The summed E-state index contributed by atoms with van der Waals surface area (Å²) in [5.41, 5.74) is 2.31. The molecule has 0 fully saturated rings. The van der Waals surface area contributed by atoms with Crippen LogP contribution >= 0.6 is 0 Å². The molecule has 6 heteroatoms. The van der Waals surface area contributed by atoms with Gasteiger partial charge in [0.1, 0.15) is 11.3 Å². The molecule has 0 aliphatic carbocycles. The molecule has 6 nitrogen and oxygen atoms in total. The Balaban J connectivity index is 2.04. The van der Waals surface area contributed by atoms with Crippen LogP contribution in [0.25, 0.3) is 11.0 Å². The molecule has 0 atom stereocenters. The third-order valence-corrected chi connectivity index (χ3v) is 5.82. The lowest BCUT2D eigenvalue weighted by Crippen LogP contribution is -2.50. The van der Waals surface area contributed by atoms with Crippen LogP contribution in [0.1, 0.15) is 53.5 Å². The van der Waals surface area contributed by atoms with Crippen LogP contribution < -0.4 is 10.4 Å². The first-order valence-corrected chi connectivity index (χ1v) is 12.8. The molecule has 0 aliphatic rings. The molecule has 0 saturated carbocycles. The lowest BCUT2D eigenvalue weighted by molar-refractivity contribution is -0.882. The zero-order valence-corrected chi connectivity index (χ0v) is 23.0. The van der Waals surface area contributed by atoms with Gasteiger partial charge < -0.3 is 18.5 Å². The van der Waals surface area contributed by atoms with Crippen molar-refractivity contribution in [1.29, 1.82) is 0 Å². The second-order valence-corrected chi connectivity index (χ2v) is 11.3. The molecule has 194 valence electrons. The number of carbonyl (C=O) groups is 1. The van der Waals surface area contributed by atoms with E-state index in [1.165, 1.54) is 11.6 Å². The van der Waals surface area contributed by atoms with E-state index >= 15 is 0 Å². The Kier molecular flexibility index (Phi) is 10.6. The summed E-state index contributed by atoms with van der Waals surface area (Å²) in [5.74, 6) is 1.86. The van der Waals surface area contributed by atoms with E-state index in [4.69, 9.17) is 9.15 Å². The van der Waals surface area contributed by atoms with Crippen LogP contribution in [0.5, 0.6) is 5.75 Å². The Labute approximate surface area is 211 Å². The van der Waals surface area contributed by atoms with Crippen LogP contribution in [-0.4, -0.2) is 62.2 Å². The van der Waals surface area contributed by atoms with Gasteiger partial charge >= 0.3 is 5.63 Å². The molecule has 0 radical (unpaired) electrons. The standard InChI is InChI=1S/C29H45N2O4/c1-21(2)10-13-25-26(14-11-24-12-15-28(33)35-29(24)25)34-17-9-16-31(7,8)20-27(32)30(18-22(3)4)19-23(5)6/h10-12,14-15,22-23H,9,13,16-20H2,1-8H3/q+1. The van der Waals surface area contributed by atoms with Gasteiger partial charge in [-0.2, -0.15) is 0 Å². The smallest absolute Gasteiger partial charge is 0.336 e. The number of nitrogens with zero attached hydrogens (tertiary/aromatic N) is 2. The number of hydrogen-bond acceptors (Lipinski definition) is 4. The minimum absolute atomic E-state index is 0.215. The van der Waals surface area contributed by atoms with E-state index in [2.05, 4.69) is 47.9 Å². The number of rotatable bonds is 13. The molecule has 0 spiro atoms. The molecule has 0 saturated heterocycles. The summed E-state index contributed by atoms with van der Waals surface area (Å²) in [4.78, 5) is 26.9. The number of carbonyl (C=O) groups excluding carboxylic acids is 1. The lowest BCUT2D eigenvalue weighted by atomic mass is 10.1. The largest absolute Gasteiger partial charge is 0.493 e. The number of hydrogen-bond donors (Lipinski definition) is 0. The summed E-state index contributed by atoms with van der Waals surface area (Å²) >= 11 is 0. The van der Waals surface area contributed by atoms with Crippen molar-refractivity contribution in [1.82, 2.24) is 4.90 Å². The van der Waals surface area contributed by atoms with Crippen LogP contribution in [0, 0.1) is 11.8 Å². The van der Waals surface area contributed by atoms with E-state index in [1.54, 1.807) is 6.07 Å². The van der Waals surface area contributed by atoms with E-state index < -0.39 is 0 Å². The minimum Gasteiger partial charge on any atom is -0.493 e. The third-order valence-electron chi connectivity index (χ3n) is 5.82. The number of allylic oxidation sites excluding steroid dienone is 2. The molecule has 1 heterocycles. The summed E-state index contributed by atoms with van der Waals surface area (Å²) in [6.07, 6.45) is 3.56. The Morgan fingerprint density at radius 2 is 1.69 bits per heavy atom. The van der Waals surface area contributed by atoms with E-state index in [-0.39, 0.29) is 11.5 Å². The molecular formula is C29H45N2O4+. The van der Waals surface area contributed by atoms with Crippen molar-refractivity contribution in [3.8, 4) is 5.75 Å². The molecular weight excluding hydrogens is 440 g/mol. The van der Waals surface area contributed by atoms with E-state index in [0.29, 0.717) is 41.5 Å². The van der Waals surface area contributed by atoms with Crippen LogP contribution in [0.3, 0.4) is 0 Å². The Hall–Kier alpha value is -2.60. The Morgan fingerprint density at radius 1 is 1.06 bits per heavy atom. The monoisotopic (exact) mass is 485 g/mol. The van der Waals surface area contributed by atoms with Gasteiger partial charge in [-0.3, -0.25) is 4.79 Å². The van der Waals surface area contributed by atoms with Gasteiger partial charge in [-0.15, -0.1) is 0 Å². The van der Waals surface area contributed by atoms with Gasteiger partial charge in [-0.05, 0) is 50.3 Å². The van der Waals surface area contributed by atoms with Gasteiger partial charge in [0.25, 0.3) is 5.91 Å². The molecule has 2 aromatic rings. The number of amides is 1. The summed E-state index contributed by atoms with van der Waals surface area (Å²) in [7, 11) is 4.21. The Bertz CT molecular complexity index is 1050. The fraction of sp³-hybridized carbons (Fsp3) is 0.586. The Morgan fingerprint density at radius 3 is 2.29 bits per heavy atom. The predicted molar refractivity (Wildman–Crippen MR) is 144 cm³/mol. The number of quaternary nitrogens is 1. The fourth-order valence-electron chi connectivity index (χ4n) is 4.19. The van der Waals surface area contributed by atoms with Crippen LogP contribution in [0.15, 0.2) is 45.1 Å². The van der Waals surface area contributed by atoms with Crippen LogP contribution in [0.2, 0.25) is 0 Å². The van der Waals surface area contributed by atoms with E-state index in [0.717, 1.165) is 42.8 Å². The fourth-order valence-corrected chi connectivity index (χ4v) is 4.19. The van der Waals surface area contributed by atoms with Gasteiger partial charge in [0.15, 0.2) is 6.54 Å². The van der Waals surface area contributed by atoms with Crippen molar-refractivity contribution in [3.05, 3.63) is 51.9 Å². The summed E-state index contributed by atoms with van der Waals surface area (Å²) in [6, 6.07) is 7.11. The van der Waals surface area contributed by atoms with Crippen molar-refractivity contribution in [2.75, 3.05) is 46.9 Å². The van der Waals surface area contributed by atoms with Crippen molar-refractivity contribution < 1.29 is 18.4 Å². The molecule has 35 heavy (non-hydrogen) atoms. The number of benzene rings is 1. The second kappa shape index (κ2) is 12.9. The SMILES string of the molecule is CC(C)=CCc1c(OCCC[N+](C)(C)CC(=O)N(CC(C)C)CC(C)C)ccc2ccc(=O)oc12. The molecule has 1 aromatic carbocycles. The maximum absolute atomic E-state index is 13.0. The van der Waals surface area contributed by atoms with Gasteiger partial charge in [-0.25, -0.2) is 4.79 Å². The predicted octanol–water partition coefficient (Wildman–Crippen LogP) is 5.29. The normalized spacial score (nSPS) is 11.8.